The van der Waals surface area contributed by atoms with Crippen molar-refractivity contribution in [1.82, 2.24) is 5.32 Å². The molecule has 0 unspecified atom stereocenters. The Morgan fingerprint density at radius 3 is 2.20 bits per heavy atom. The van der Waals surface area contributed by atoms with Gasteiger partial charge in [0.25, 0.3) is 5.91 Å². The van der Waals surface area contributed by atoms with Crippen molar-refractivity contribution in [1.29, 1.82) is 0 Å². The monoisotopic (exact) mass is 495 g/mol. The van der Waals surface area contributed by atoms with Gasteiger partial charge in [-0.05, 0) is 55.3 Å². The van der Waals surface area contributed by atoms with Crippen molar-refractivity contribution in [3.05, 3.63) is 90.0 Å². The van der Waals surface area contributed by atoms with Gasteiger partial charge in [0.1, 0.15) is 11.8 Å². The minimum atomic E-state index is -3.79. The second kappa shape index (κ2) is 11.5. The second-order valence-electron chi connectivity index (χ2n) is 7.96. The number of hydrogen-bond acceptors (Lipinski definition) is 5. The molecule has 8 nitrogen and oxygen atoms in total. The van der Waals surface area contributed by atoms with Gasteiger partial charge in [-0.3, -0.25) is 13.9 Å². The van der Waals surface area contributed by atoms with Crippen LogP contribution in [0, 0.1) is 0 Å². The maximum atomic E-state index is 13.1. The molecule has 184 valence electrons. The molecule has 0 aliphatic heterocycles. The highest BCUT2D eigenvalue weighted by Crippen LogP contribution is 2.25. The summed E-state index contributed by atoms with van der Waals surface area (Å²) in [7, 11) is -2.28. The Labute approximate surface area is 206 Å². The minimum Gasteiger partial charge on any atom is -0.497 e. The van der Waals surface area contributed by atoms with Crippen LogP contribution in [0.4, 0.5) is 11.4 Å². The summed E-state index contributed by atoms with van der Waals surface area (Å²) in [5.41, 5.74) is 2.01. The molecule has 2 N–H and O–H groups in total. The zero-order chi connectivity index (χ0) is 25.4. The van der Waals surface area contributed by atoms with Crippen LogP contribution in [0.5, 0.6) is 5.75 Å². The summed E-state index contributed by atoms with van der Waals surface area (Å²) in [6.45, 7) is 1.92. The first-order valence-electron chi connectivity index (χ1n) is 11.1. The topological polar surface area (TPSA) is 105 Å². The van der Waals surface area contributed by atoms with Crippen molar-refractivity contribution < 1.29 is 22.7 Å². The fraction of sp³-hybridized carbons (Fsp3) is 0.231. The van der Waals surface area contributed by atoms with Gasteiger partial charge in [0.15, 0.2) is 0 Å². The van der Waals surface area contributed by atoms with E-state index in [2.05, 4.69) is 10.6 Å². The van der Waals surface area contributed by atoms with Gasteiger partial charge in [0, 0.05) is 6.54 Å². The Hall–Kier alpha value is -3.85. The highest BCUT2D eigenvalue weighted by molar-refractivity contribution is 7.92. The van der Waals surface area contributed by atoms with Crippen LogP contribution >= 0.6 is 0 Å². The Morgan fingerprint density at radius 1 is 0.943 bits per heavy atom. The molecule has 0 saturated carbocycles. The first kappa shape index (κ1) is 25.8. The number of sulfonamides is 1. The number of rotatable bonds is 10. The molecule has 3 aromatic carbocycles. The molecule has 0 radical (unpaired) electrons. The lowest BCUT2D eigenvalue weighted by molar-refractivity contribution is -0.116. The second-order valence-corrected chi connectivity index (χ2v) is 9.82. The van der Waals surface area contributed by atoms with Gasteiger partial charge in [0.2, 0.25) is 15.9 Å². The number of nitrogens with one attached hydrogen (secondary N) is 2. The van der Waals surface area contributed by atoms with Gasteiger partial charge in [0.05, 0.1) is 30.3 Å². The minimum absolute atomic E-state index is 0.288. The smallest absolute Gasteiger partial charge is 0.253 e. The molecule has 0 fully saturated rings. The molecule has 3 rings (SSSR count). The molecule has 35 heavy (non-hydrogen) atoms. The van der Waals surface area contributed by atoms with E-state index in [4.69, 9.17) is 4.74 Å². The van der Waals surface area contributed by atoms with Crippen LogP contribution in [0.25, 0.3) is 0 Å². The third-order valence-electron chi connectivity index (χ3n) is 5.39. The number of nitrogens with zero attached hydrogens (tertiary/aromatic N) is 1. The van der Waals surface area contributed by atoms with Gasteiger partial charge >= 0.3 is 0 Å². The summed E-state index contributed by atoms with van der Waals surface area (Å²) < 4.78 is 31.2. The van der Waals surface area contributed by atoms with E-state index < -0.39 is 22.0 Å². The van der Waals surface area contributed by atoms with E-state index in [1.54, 1.807) is 48.5 Å². The van der Waals surface area contributed by atoms with Crippen molar-refractivity contribution in [3.8, 4) is 5.75 Å². The number of benzene rings is 3. The number of para-hydroxylation sites is 1. The van der Waals surface area contributed by atoms with Gasteiger partial charge in [-0.15, -0.1) is 0 Å². The van der Waals surface area contributed by atoms with Crippen LogP contribution in [-0.2, 0) is 21.2 Å². The van der Waals surface area contributed by atoms with Gasteiger partial charge in [-0.25, -0.2) is 8.42 Å². The zero-order valence-corrected chi connectivity index (χ0v) is 20.7. The standard InChI is InChI=1S/C26H29N3O5S/c1-19(29(35(3,32)33)21-13-15-22(34-2)16-14-21)25(30)28-24-12-8-7-11-23(24)26(31)27-18-17-20-9-5-4-6-10-20/h4-16,19H,17-18H2,1-3H3,(H,27,31)(H,28,30)/t19-/m1/s1. The quantitative estimate of drug-likeness (QED) is 0.448. The van der Waals surface area contributed by atoms with Crippen LogP contribution < -0.4 is 19.7 Å². The summed E-state index contributed by atoms with van der Waals surface area (Å²) in [6, 6.07) is 21.7. The van der Waals surface area contributed by atoms with Crippen LogP contribution in [0.1, 0.15) is 22.8 Å². The van der Waals surface area contributed by atoms with Crippen LogP contribution in [-0.4, -0.2) is 46.2 Å². The third-order valence-corrected chi connectivity index (χ3v) is 6.63. The fourth-order valence-corrected chi connectivity index (χ4v) is 4.80. The Balaban J connectivity index is 1.74. The van der Waals surface area contributed by atoms with Crippen molar-refractivity contribution in [3.63, 3.8) is 0 Å². The van der Waals surface area contributed by atoms with E-state index in [1.807, 2.05) is 30.3 Å². The van der Waals surface area contributed by atoms with E-state index in [-0.39, 0.29) is 11.5 Å². The molecule has 0 bridgehead atoms. The predicted molar refractivity (Wildman–Crippen MR) is 137 cm³/mol. The van der Waals surface area contributed by atoms with Crippen molar-refractivity contribution >= 4 is 33.2 Å². The summed E-state index contributed by atoms with van der Waals surface area (Å²) >= 11 is 0. The lowest BCUT2D eigenvalue weighted by Crippen LogP contribution is -2.45. The molecule has 0 aromatic heterocycles. The molecular formula is C26H29N3O5S. The zero-order valence-electron chi connectivity index (χ0n) is 19.9. The molecule has 0 aliphatic carbocycles. The molecule has 0 heterocycles. The average molecular weight is 496 g/mol. The Kier molecular flexibility index (Phi) is 8.48. The molecule has 0 saturated heterocycles. The highest BCUT2D eigenvalue weighted by atomic mass is 32.2. The molecule has 0 spiro atoms. The van der Waals surface area contributed by atoms with Gasteiger partial charge in [-0.1, -0.05) is 42.5 Å². The fourth-order valence-electron chi connectivity index (χ4n) is 3.63. The average Bonchev–Trinajstić information content (AvgIpc) is 2.84. The van der Waals surface area contributed by atoms with E-state index in [1.165, 1.54) is 14.0 Å². The number of hydrogen-bond donors (Lipinski definition) is 2. The lowest BCUT2D eigenvalue weighted by atomic mass is 10.1. The van der Waals surface area contributed by atoms with E-state index in [9.17, 15) is 18.0 Å². The molecule has 2 amide bonds. The number of ether oxygens (including phenoxy) is 1. The first-order chi connectivity index (χ1) is 16.7. The number of carbonyl (C=O) groups excluding carboxylic acids is 2. The summed E-state index contributed by atoms with van der Waals surface area (Å²) in [4.78, 5) is 25.9. The lowest BCUT2D eigenvalue weighted by Gasteiger charge is -2.28. The van der Waals surface area contributed by atoms with Crippen molar-refractivity contribution in [2.45, 2.75) is 19.4 Å². The SMILES string of the molecule is COc1ccc(N([C@H](C)C(=O)Nc2ccccc2C(=O)NCCc2ccccc2)S(C)(=O)=O)cc1. The molecule has 9 heteroatoms. The maximum Gasteiger partial charge on any atom is 0.253 e. The number of anilines is 2. The first-order valence-corrected chi connectivity index (χ1v) is 12.9. The summed E-state index contributed by atoms with van der Waals surface area (Å²) in [5, 5.41) is 5.58. The van der Waals surface area contributed by atoms with E-state index in [0.29, 0.717) is 30.1 Å². The van der Waals surface area contributed by atoms with Crippen LogP contribution in [0.2, 0.25) is 0 Å². The van der Waals surface area contributed by atoms with Crippen LogP contribution in [0.3, 0.4) is 0 Å². The Bertz CT molecular complexity index is 1260. The maximum absolute atomic E-state index is 13.1. The molecular weight excluding hydrogens is 466 g/mol. The molecule has 0 aliphatic rings. The Morgan fingerprint density at radius 2 is 1.57 bits per heavy atom. The largest absolute Gasteiger partial charge is 0.497 e. The number of carbonyl (C=O) groups is 2. The predicted octanol–water partition coefficient (Wildman–Crippen LogP) is 3.46. The van der Waals surface area contributed by atoms with Gasteiger partial charge < -0.3 is 15.4 Å². The van der Waals surface area contributed by atoms with Crippen LogP contribution in [0.15, 0.2) is 78.9 Å². The van der Waals surface area contributed by atoms with Gasteiger partial charge in [-0.2, -0.15) is 0 Å². The summed E-state index contributed by atoms with van der Waals surface area (Å²) in [5.74, 6) is -0.345. The normalized spacial score (nSPS) is 11.9. The van der Waals surface area contributed by atoms with Crippen molar-refractivity contribution in [2.24, 2.45) is 0 Å². The third kappa shape index (κ3) is 6.83. The number of amides is 2. The number of methoxy groups -OCH3 is 1. The highest BCUT2D eigenvalue weighted by Gasteiger charge is 2.29. The molecule has 1 atom stereocenters. The molecule has 3 aromatic rings. The van der Waals surface area contributed by atoms with E-state index in [0.717, 1.165) is 16.1 Å². The van der Waals surface area contributed by atoms with Crippen molar-refractivity contribution in [2.75, 3.05) is 29.5 Å². The van der Waals surface area contributed by atoms with E-state index >= 15 is 0 Å². The summed E-state index contributed by atoms with van der Waals surface area (Å²) in [6.07, 6.45) is 1.71.